The zero-order valence-electron chi connectivity index (χ0n) is 10.2. The van der Waals surface area contributed by atoms with Gasteiger partial charge < -0.3 is 11.1 Å². The number of nitrogens with two attached hydrogens (primary N) is 1. The number of carbonyl (C=O) groups is 1. The van der Waals surface area contributed by atoms with Crippen molar-refractivity contribution in [2.75, 3.05) is 13.1 Å². The molecule has 92 valence electrons. The summed E-state index contributed by atoms with van der Waals surface area (Å²) in [5, 5.41) is 2.94. The fraction of sp³-hybridized carbons (Fsp3) is 0.818. The Bertz CT molecular complexity index is 285. The Balaban J connectivity index is 2.47. The molecule has 0 aromatic rings. The molecule has 1 aliphatic heterocycles. The Labute approximate surface area is 103 Å². The van der Waals surface area contributed by atoms with Crippen molar-refractivity contribution in [1.29, 1.82) is 0 Å². The second-order valence-corrected chi connectivity index (χ2v) is 5.80. The zero-order valence-corrected chi connectivity index (χ0v) is 11.1. The second kappa shape index (κ2) is 5.10. The summed E-state index contributed by atoms with van der Waals surface area (Å²) in [4.78, 5) is 14.3. The highest BCUT2D eigenvalue weighted by Gasteiger charge is 2.28. The molecule has 0 aromatic carbocycles. The Kier molecular flexibility index (Phi) is 4.27. The van der Waals surface area contributed by atoms with Gasteiger partial charge in [-0.25, -0.2) is 0 Å². The van der Waals surface area contributed by atoms with Gasteiger partial charge >= 0.3 is 0 Å². The highest BCUT2D eigenvalue weighted by atomic mass is 32.1. The van der Waals surface area contributed by atoms with E-state index in [0.29, 0.717) is 11.5 Å². The van der Waals surface area contributed by atoms with E-state index in [1.807, 2.05) is 20.8 Å². The smallest absolute Gasteiger partial charge is 0.234 e. The van der Waals surface area contributed by atoms with Crippen molar-refractivity contribution in [3.63, 3.8) is 0 Å². The van der Waals surface area contributed by atoms with E-state index >= 15 is 0 Å². The summed E-state index contributed by atoms with van der Waals surface area (Å²) >= 11 is 5.00. The van der Waals surface area contributed by atoms with Crippen LogP contribution in [0.4, 0.5) is 0 Å². The Morgan fingerprint density at radius 1 is 1.56 bits per heavy atom. The van der Waals surface area contributed by atoms with Crippen molar-refractivity contribution in [1.82, 2.24) is 10.2 Å². The molecule has 1 aliphatic rings. The molecule has 5 heteroatoms. The molecule has 1 saturated heterocycles. The van der Waals surface area contributed by atoms with Gasteiger partial charge in [-0.3, -0.25) is 9.69 Å². The van der Waals surface area contributed by atoms with Crippen LogP contribution in [0.3, 0.4) is 0 Å². The maximum Gasteiger partial charge on any atom is 0.234 e. The molecule has 0 aliphatic carbocycles. The molecule has 1 rings (SSSR count). The molecule has 0 aromatic heterocycles. The van der Waals surface area contributed by atoms with E-state index in [1.165, 1.54) is 0 Å². The van der Waals surface area contributed by atoms with E-state index < -0.39 is 0 Å². The van der Waals surface area contributed by atoms with Crippen molar-refractivity contribution in [3.8, 4) is 0 Å². The average Bonchev–Trinajstić information content (AvgIpc) is 2.47. The standard InChI is InChI=1S/C11H21N3OS/c1-11(2,3)13-9(15)7-14-6-4-5-8(14)10(12)16/h8H,4-7H2,1-3H3,(H2,12,16)(H,13,15). The molecule has 4 nitrogen and oxygen atoms in total. The van der Waals surface area contributed by atoms with Gasteiger partial charge in [-0.15, -0.1) is 0 Å². The topological polar surface area (TPSA) is 58.4 Å². The number of carbonyl (C=O) groups excluding carboxylic acids is 1. The summed E-state index contributed by atoms with van der Waals surface area (Å²) < 4.78 is 0. The van der Waals surface area contributed by atoms with E-state index in [1.54, 1.807) is 0 Å². The van der Waals surface area contributed by atoms with Crippen molar-refractivity contribution in [2.24, 2.45) is 5.73 Å². The minimum atomic E-state index is -0.185. The predicted molar refractivity (Wildman–Crippen MR) is 69.3 cm³/mol. The van der Waals surface area contributed by atoms with Gasteiger partial charge in [-0.2, -0.15) is 0 Å². The van der Waals surface area contributed by atoms with Gasteiger partial charge in [0.05, 0.1) is 17.6 Å². The van der Waals surface area contributed by atoms with Crippen LogP contribution in [-0.2, 0) is 4.79 Å². The van der Waals surface area contributed by atoms with Gasteiger partial charge in [0.1, 0.15) is 0 Å². The number of hydrogen-bond donors (Lipinski definition) is 2. The molecule has 0 radical (unpaired) electrons. The summed E-state index contributed by atoms with van der Waals surface area (Å²) in [6.45, 7) is 7.21. The lowest BCUT2D eigenvalue weighted by atomic mass is 10.1. The summed E-state index contributed by atoms with van der Waals surface area (Å²) in [6, 6.07) is 0.0979. The number of thiocarbonyl (C=S) groups is 1. The van der Waals surface area contributed by atoms with Crippen molar-refractivity contribution < 1.29 is 4.79 Å². The molecule has 0 saturated carbocycles. The van der Waals surface area contributed by atoms with Crippen LogP contribution in [0.1, 0.15) is 33.6 Å². The van der Waals surface area contributed by atoms with E-state index in [9.17, 15) is 4.79 Å². The number of rotatable bonds is 3. The first-order valence-corrected chi connectivity index (χ1v) is 6.05. The van der Waals surface area contributed by atoms with Crippen LogP contribution in [0, 0.1) is 0 Å². The molecule has 1 heterocycles. The molecule has 16 heavy (non-hydrogen) atoms. The molecule has 0 spiro atoms. The average molecular weight is 243 g/mol. The number of nitrogens with zero attached hydrogens (tertiary/aromatic N) is 1. The summed E-state index contributed by atoms with van der Waals surface area (Å²) in [5.74, 6) is 0.0376. The fourth-order valence-corrected chi connectivity index (χ4v) is 2.25. The van der Waals surface area contributed by atoms with Crippen LogP contribution in [0.15, 0.2) is 0 Å². The monoisotopic (exact) mass is 243 g/mol. The van der Waals surface area contributed by atoms with Crippen LogP contribution < -0.4 is 11.1 Å². The van der Waals surface area contributed by atoms with Crippen LogP contribution >= 0.6 is 12.2 Å². The van der Waals surface area contributed by atoms with E-state index in [2.05, 4.69) is 10.2 Å². The molecular formula is C11H21N3OS. The number of amides is 1. The minimum Gasteiger partial charge on any atom is -0.392 e. The van der Waals surface area contributed by atoms with E-state index in [0.717, 1.165) is 19.4 Å². The van der Waals surface area contributed by atoms with Crippen molar-refractivity contribution in [3.05, 3.63) is 0 Å². The normalized spacial score (nSPS) is 22.1. The summed E-state index contributed by atoms with van der Waals surface area (Å²) in [7, 11) is 0. The molecule has 1 unspecified atom stereocenters. The van der Waals surface area contributed by atoms with Crippen LogP contribution in [-0.4, -0.2) is 40.5 Å². The Hall–Kier alpha value is -0.680. The molecule has 1 amide bonds. The van der Waals surface area contributed by atoms with E-state index in [4.69, 9.17) is 18.0 Å². The summed E-state index contributed by atoms with van der Waals surface area (Å²) in [5.41, 5.74) is 5.46. The van der Waals surface area contributed by atoms with Crippen molar-refractivity contribution in [2.45, 2.75) is 45.2 Å². The molecule has 3 N–H and O–H groups in total. The summed E-state index contributed by atoms with van der Waals surface area (Å²) in [6.07, 6.45) is 2.03. The first-order valence-electron chi connectivity index (χ1n) is 5.64. The highest BCUT2D eigenvalue weighted by molar-refractivity contribution is 7.80. The molecule has 1 atom stereocenters. The first kappa shape index (κ1) is 13.4. The number of nitrogens with one attached hydrogen (secondary N) is 1. The Morgan fingerprint density at radius 2 is 2.19 bits per heavy atom. The third-order valence-corrected chi connectivity index (χ3v) is 2.83. The van der Waals surface area contributed by atoms with Gasteiger partial charge in [0.25, 0.3) is 0 Å². The van der Waals surface area contributed by atoms with E-state index in [-0.39, 0.29) is 17.5 Å². The van der Waals surface area contributed by atoms with Gasteiger partial charge in [0.15, 0.2) is 0 Å². The van der Waals surface area contributed by atoms with Gasteiger partial charge in [-0.05, 0) is 40.2 Å². The third-order valence-electron chi connectivity index (χ3n) is 2.55. The fourth-order valence-electron chi connectivity index (χ4n) is 1.98. The predicted octanol–water partition coefficient (Wildman–Crippen LogP) is 0.652. The number of likely N-dealkylation sites (tertiary alicyclic amines) is 1. The molecular weight excluding hydrogens is 222 g/mol. The zero-order chi connectivity index (χ0) is 12.3. The molecule has 0 bridgehead atoms. The first-order chi connectivity index (χ1) is 7.29. The third kappa shape index (κ3) is 4.06. The maximum atomic E-state index is 11.7. The van der Waals surface area contributed by atoms with Crippen LogP contribution in [0.25, 0.3) is 0 Å². The second-order valence-electron chi connectivity index (χ2n) is 5.33. The largest absolute Gasteiger partial charge is 0.392 e. The lowest BCUT2D eigenvalue weighted by Crippen LogP contribution is -2.49. The van der Waals surface area contributed by atoms with Crippen LogP contribution in [0.5, 0.6) is 0 Å². The van der Waals surface area contributed by atoms with Gasteiger partial charge in [0, 0.05) is 5.54 Å². The quantitative estimate of drug-likeness (QED) is 0.715. The lowest BCUT2D eigenvalue weighted by molar-refractivity contribution is -0.123. The number of hydrogen-bond acceptors (Lipinski definition) is 3. The maximum absolute atomic E-state index is 11.7. The van der Waals surface area contributed by atoms with Crippen molar-refractivity contribution >= 4 is 23.1 Å². The van der Waals surface area contributed by atoms with Crippen LogP contribution in [0.2, 0.25) is 0 Å². The minimum absolute atomic E-state index is 0.0376. The SMILES string of the molecule is CC(C)(C)NC(=O)CN1CCCC1C(N)=S. The van der Waals surface area contributed by atoms with Gasteiger partial charge in [-0.1, -0.05) is 12.2 Å². The lowest BCUT2D eigenvalue weighted by Gasteiger charge is -2.26. The molecule has 1 fully saturated rings. The highest BCUT2D eigenvalue weighted by Crippen LogP contribution is 2.16. The van der Waals surface area contributed by atoms with Gasteiger partial charge in [0.2, 0.25) is 5.91 Å². The Morgan fingerprint density at radius 3 is 2.69 bits per heavy atom.